The van der Waals surface area contributed by atoms with Crippen LogP contribution in [-0.2, 0) is 9.84 Å². The fraction of sp³-hybridized carbons (Fsp3) is 0.115. The fourth-order valence-electron chi connectivity index (χ4n) is 3.51. The molecule has 0 fully saturated rings. The molecule has 1 amide bonds. The molecular weight excluding hydrogens is 494 g/mol. The lowest BCUT2D eigenvalue weighted by atomic mass is 10.1. The number of ether oxygens (including phenoxy) is 2. The number of anilines is 1. The summed E-state index contributed by atoms with van der Waals surface area (Å²) in [5.74, 6) is -0.233. The summed E-state index contributed by atoms with van der Waals surface area (Å²) in [4.78, 5) is 17.9. The highest BCUT2D eigenvalue weighted by atomic mass is 32.2. The first-order valence-electron chi connectivity index (χ1n) is 10.9. The van der Waals surface area contributed by atoms with Gasteiger partial charge in [0.2, 0.25) is 0 Å². The molecule has 4 aromatic rings. The normalized spacial score (nSPS) is 10.9. The van der Waals surface area contributed by atoms with Gasteiger partial charge in [-0.2, -0.15) is 5.26 Å². The Morgan fingerprint density at radius 1 is 1.03 bits per heavy atom. The molecule has 0 unspecified atom stereocenters. The van der Waals surface area contributed by atoms with Crippen LogP contribution in [0, 0.1) is 18.3 Å². The number of pyridine rings is 1. The van der Waals surface area contributed by atoms with E-state index in [-0.39, 0.29) is 33.5 Å². The van der Waals surface area contributed by atoms with Crippen LogP contribution in [0.2, 0.25) is 0 Å². The van der Waals surface area contributed by atoms with Gasteiger partial charge in [-0.3, -0.25) is 9.78 Å². The number of hydrogen-bond donors (Lipinski definition) is 1. The van der Waals surface area contributed by atoms with Crippen molar-refractivity contribution < 1.29 is 22.7 Å². The summed E-state index contributed by atoms with van der Waals surface area (Å²) in [7, 11) is -2.06. The van der Waals surface area contributed by atoms with E-state index in [4.69, 9.17) is 9.47 Å². The molecule has 0 aliphatic carbocycles. The molecule has 4 rings (SSSR count). The van der Waals surface area contributed by atoms with E-state index in [9.17, 15) is 18.5 Å². The Balaban J connectivity index is 1.81. The van der Waals surface area contributed by atoms with E-state index in [1.54, 1.807) is 37.4 Å². The van der Waals surface area contributed by atoms with Gasteiger partial charge in [-0.15, -0.1) is 10.2 Å². The molecule has 186 valence electrons. The minimum Gasteiger partial charge on any atom is -0.493 e. The molecule has 0 atom stereocenters. The number of carbonyl (C=O) groups excluding carboxylic acids is 1. The molecule has 2 heterocycles. The maximum Gasteiger partial charge on any atom is 0.261 e. The lowest BCUT2D eigenvalue weighted by molar-refractivity contribution is 0.102. The fourth-order valence-corrected chi connectivity index (χ4v) is 4.17. The first-order valence-corrected chi connectivity index (χ1v) is 12.8. The number of nitrogens with one attached hydrogen (secondary N) is 1. The standard InChI is InChI=1S/C26H21N5O5S/c1-16-23(25(32)29-18-7-6-8-19(14-18)37(3,33)34)26(31-30-24(16)20-9-4-5-12-28-20)36-21-11-10-17(15-27)13-22(21)35-2/h4-14H,1-3H3,(H,29,32). The van der Waals surface area contributed by atoms with Crippen molar-refractivity contribution in [3.05, 3.63) is 83.6 Å². The first kappa shape index (κ1) is 25.3. The van der Waals surface area contributed by atoms with Gasteiger partial charge in [-0.25, -0.2) is 8.42 Å². The first-order chi connectivity index (χ1) is 17.7. The summed E-state index contributed by atoms with van der Waals surface area (Å²) in [6.45, 7) is 1.68. The van der Waals surface area contributed by atoms with Crippen molar-refractivity contribution in [3.63, 3.8) is 0 Å². The quantitative estimate of drug-likeness (QED) is 0.383. The van der Waals surface area contributed by atoms with Gasteiger partial charge in [0.1, 0.15) is 11.3 Å². The van der Waals surface area contributed by atoms with Gasteiger partial charge in [-0.1, -0.05) is 12.1 Å². The van der Waals surface area contributed by atoms with Gasteiger partial charge >= 0.3 is 0 Å². The Bertz CT molecular complexity index is 1630. The minimum atomic E-state index is -3.48. The average Bonchev–Trinajstić information content (AvgIpc) is 2.89. The maximum atomic E-state index is 13.5. The van der Waals surface area contributed by atoms with Gasteiger partial charge in [0, 0.05) is 24.2 Å². The summed E-state index contributed by atoms with van der Waals surface area (Å²) in [6, 6.07) is 17.8. The van der Waals surface area contributed by atoms with E-state index in [0.717, 1.165) is 6.26 Å². The van der Waals surface area contributed by atoms with Gasteiger partial charge in [0.25, 0.3) is 11.8 Å². The zero-order chi connectivity index (χ0) is 26.6. The molecule has 2 aromatic heterocycles. The number of amides is 1. The minimum absolute atomic E-state index is 0.0582. The lowest BCUT2D eigenvalue weighted by Crippen LogP contribution is -2.17. The van der Waals surface area contributed by atoms with E-state index in [1.807, 2.05) is 6.07 Å². The summed E-state index contributed by atoms with van der Waals surface area (Å²) < 4.78 is 35.2. The Morgan fingerprint density at radius 3 is 2.51 bits per heavy atom. The number of sulfone groups is 1. The molecule has 0 aliphatic rings. The van der Waals surface area contributed by atoms with Crippen LogP contribution in [0.5, 0.6) is 17.4 Å². The second kappa shape index (κ2) is 10.4. The second-order valence-corrected chi connectivity index (χ2v) is 9.92. The third kappa shape index (κ3) is 5.55. The van der Waals surface area contributed by atoms with Gasteiger partial charge in [0.05, 0.1) is 29.3 Å². The lowest BCUT2D eigenvalue weighted by Gasteiger charge is -2.16. The van der Waals surface area contributed by atoms with Gasteiger partial charge < -0.3 is 14.8 Å². The SMILES string of the molecule is COc1cc(C#N)ccc1Oc1nnc(-c2ccccn2)c(C)c1C(=O)Nc1cccc(S(C)(=O)=O)c1. The molecular formula is C26H21N5O5S. The number of aromatic nitrogens is 3. The molecule has 10 nitrogen and oxygen atoms in total. The van der Waals surface area contributed by atoms with Gasteiger partial charge in [-0.05, 0) is 55.0 Å². The van der Waals surface area contributed by atoms with E-state index in [0.29, 0.717) is 22.5 Å². The average molecular weight is 516 g/mol. The number of hydrogen-bond acceptors (Lipinski definition) is 9. The van der Waals surface area contributed by atoms with Gasteiger partial charge in [0.15, 0.2) is 21.3 Å². The van der Waals surface area contributed by atoms with Crippen LogP contribution in [0.25, 0.3) is 11.4 Å². The van der Waals surface area contributed by atoms with E-state index < -0.39 is 15.7 Å². The van der Waals surface area contributed by atoms with Crippen LogP contribution in [0.3, 0.4) is 0 Å². The van der Waals surface area contributed by atoms with Crippen molar-refractivity contribution in [3.8, 4) is 34.8 Å². The van der Waals surface area contributed by atoms with E-state index in [1.165, 1.54) is 43.5 Å². The molecule has 2 aromatic carbocycles. The zero-order valence-electron chi connectivity index (χ0n) is 20.1. The van der Waals surface area contributed by atoms with Crippen LogP contribution >= 0.6 is 0 Å². The number of nitriles is 1. The molecule has 0 saturated carbocycles. The predicted molar refractivity (Wildman–Crippen MR) is 135 cm³/mol. The highest BCUT2D eigenvalue weighted by Crippen LogP contribution is 2.35. The van der Waals surface area contributed by atoms with Crippen molar-refractivity contribution in [2.45, 2.75) is 11.8 Å². The molecule has 0 radical (unpaired) electrons. The van der Waals surface area contributed by atoms with E-state index in [2.05, 4.69) is 20.5 Å². The van der Waals surface area contributed by atoms with E-state index >= 15 is 0 Å². The Hall–Kier alpha value is -4.82. The largest absolute Gasteiger partial charge is 0.493 e. The van der Waals surface area contributed by atoms with Crippen molar-refractivity contribution in [2.24, 2.45) is 0 Å². The monoisotopic (exact) mass is 515 g/mol. The molecule has 0 bridgehead atoms. The Labute approximate surface area is 213 Å². The molecule has 11 heteroatoms. The highest BCUT2D eigenvalue weighted by molar-refractivity contribution is 7.90. The maximum absolute atomic E-state index is 13.5. The van der Waals surface area contributed by atoms with Crippen LogP contribution in [0.1, 0.15) is 21.5 Å². The summed E-state index contributed by atoms with van der Waals surface area (Å²) >= 11 is 0. The van der Waals surface area contributed by atoms with Crippen molar-refractivity contribution in [1.29, 1.82) is 5.26 Å². The predicted octanol–water partition coefficient (Wildman–Crippen LogP) is 4.18. The number of rotatable bonds is 7. The van der Waals surface area contributed by atoms with Crippen molar-refractivity contribution >= 4 is 21.4 Å². The summed E-state index contributed by atoms with van der Waals surface area (Å²) in [6.07, 6.45) is 2.68. The van der Waals surface area contributed by atoms with Crippen LogP contribution in [0.4, 0.5) is 5.69 Å². The zero-order valence-corrected chi connectivity index (χ0v) is 20.9. The number of benzene rings is 2. The Morgan fingerprint density at radius 2 is 1.84 bits per heavy atom. The van der Waals surface area contributed by atoms with Crippen LogP contribution in [-0.4, -0.2) is 42.9 Å². The summed E-state index contributed by atoms with van der Waals surface area (Å²) in [5.41, 5.74) is 2.00. The van der Waals surface area contributed by atoms with Crippen LogP contribution in [0.15, 0.2) is 71.8 Å². The molecule has 0 spiro atoms. The number of nitrogens with zero attached hydrogens (tertiary/aromatic N) is 4. The van der Waals surface area contributed by atoms with Crippen molar-refractivity contribution in [1.82, 2.24) is 15.2 Å². The second-order valence-electron chi connectivity index (χ2n) is 7.90. The van der Waals surface area contributed by atoms with Crippen LogP contribution < -0.4 is 14.8 Å². The van der Waals surface area contributed by atoms with Crippen molar-refractivity contribution in [2.75, 3.05) is 18.7 Å². The smallest absolute Gasteiger partial charge is 0.261 e. The molecule has 1 N–H and O–H groups in total. The third-order valence-electron chi connectivity index (χ3n) is 5.34. The third-order valence-corrected chi connectivity index (χ3v) is 6.45. The molecule has 0 saturated heterocycles. The number of methoxy groups -OCH3 is 1. The summed E-state index contributed by atoms with van der Waals surface area (Å²) in [5, 5.41) is 20.3. The number of carbonyl (C=O) groups is 1. The molecule has 0 aliphatic heterocycles. The highest BCUT2D eigenvalue weighted by Gasteiger charge is 2.24. The Kier molecular flexibility index (Phi) is 7.13. The molecule has 37 heavy (non-hydrogen) atoms. The topological polar surface area (TPSA) is 144 Å².